The van der Waals surface area contributed by atoms with Gasteiger partial charge in [0.25, 0.3) is 0 Å². The summed E-state index contributed by atoms with van der Waals surface area (Å²) in [5.41, 5.74) is 0. The molecule has 0 unspecified atom stereocenters. The summed E-state index contributed by atoms with van der Waals surface area (Å²) in [5.74, 6) is 0. The zero-order chi connectivity index (χ0) is 33.3. The lowest BCUT2D eigenvalue weighted by atomic mass is 10.9. The van der Waals surface area contributed by atoms with E-state index >= 15 is 0 Å². The normalized spacial score (nSPS) is 12.6. The van der Waals surface area contributed by atoms with Gasteiger partial charge in [0.1, 0.15) is 0 Å². The molecule has 0 aromatic rings. The van der Waals surface area contributed by atoms with Crippen LogP contribution in [0.25, 0.3) is 0 Å². The maximum absolute atomic E-state index is 11.4. The topological polar surface area (TPSA) is 284 Å². The van der Waals surface area contributed by atoms with Gasteiger partial charge in [0, 0.05) is 8.07 Å². The van der Waals surface area contributed by atoms with E-state index in [2.05, 4.69) is 19.6 Å². The third-order valence-electron chi connectivity index (χ3n) is 5.32. The molecule has 0 aromatic carbocycles. The van der Waals surface area contributed by atoms with Crippen molar-refractivity contribution in [3.63, 3.8) is 0 Å². The first-order valence-corrected chi connectivity index (χ1v) is 44.2. The largest absolute Gasteiger partial charge is 0.542 e. The number of rotatable bonds is 13. The summed E-state index contributed by atoms with van der Waals surface area (Å²) in [5, 5.41) is 0. The van der Waals surface area contributed by atoms with E-state index in [1.807, 2.05) is 39.3 Å². The molecule has 0 saturated heterocycles. The molecular formula is C13H44O15Si12. The minimum absolute atomic E-state index is 0.836. The Bertz CT molecular complexity index is 771. The van der Waals surface area contributed by atoms with Gasteiger partial charge in [-0.05, 0) is 57.4 Å². The van der Waals surface area contributed by atoms with Gasteiger partial charge in [0.05, 0.1) is 0 Å². The van der Waals surface area contributed by atoms with Crippen LogP contribution in [-0.4, -0.2) is 139 Å². The Morgan fingerprint density at radius 2 is 0.525 bits per heavy atom. The molecule has 0 spiro atoms. The molecule has 0 radical (unpaired) electrons. The van der Waals surface area contributed by atoms with E-state index in [1.165, 1.54) is 6.04 Å². The van der Waals surface area contributed by atoms with Crippen LogP contribution >= 0.6 is 0 Å². The Kier molecular flexibility index (Phi) is 18.7. The average Bonchev–Trinajstić information content (AvgIpc) is 2.66. The van der Waals surface area contributed by atoms with E-state index in [4.69, 9.17) is 28.8 Å². The van der Waals surface area contributed by atoms with Crippen molar-refractivity contribution in [3.05, 3.63) is 0 Å². The van der Waals surface area contributed by atoms with E-state index in [-0.39, 0.29) is 0 Å². The highest BCUT2D eigenvalue weighted by Crippen LogP contribution is 2.19. The Hall–Kier alpha value is 0.0826. The Morgan fingerprint density at radius 1 is 0.375 bits per heavy atom. The molecule has 0 atom stereocenters. The van der Waals surface area contributed by atoms with Crippen molar-refractivity contribution in [3.8, 4) is 0 Å². The predicted octanol–water partition coefficient (Wildman–Crippen LogP) is -3.20. The van der Waals surface area contributed by atoms with Crippen LogP contribution < -0.4 is 0 Å². The summed E-state index contributed by atoms with van der Waals surface area (Å²) < 4.78 is 68.3. The molecule has 0 aliphatic heterocycles. The molecule has 234 valence electrons. The van der Waals surface area contributed by atoms with Gasteiger partial charge in [0.15, 0.2) is 25.0 Å². The van der Waals surface area contributed by atoms with E-state index < -0.39 is 96.0 Å². The van der Waals surface area contributed by atoms with Gasteiger partial charge >= 0.3 is 63.0 Å². The van der Waals surface area contributed by atoms with Crippen molar-refractivity contribution in [2.45, 2.75) is 83.1 Å². The minimum Gasteiger partial charge on any atom is -0.542 e. The average molecular weight is 778 g/mol. The molecule has 0 saturated carbocycles. The molecule has 40 heavy (non-hydrogen) atoms. The first-order valence-electron chi connectivity index (χ1n) is 11.9. The molecule has 0 rings (SSSR count). The molecule has 0 aromatic heterocycles. The molecule has 0 heterocycles. The monoisotopic (exact) mass is 776 g/mol. The molecule has 27 heteroatoms. The van der Waals surface area contributed by atoms with E-state index in [1.54, 1.807) is 0 Å². The van der Waals surface area contributed by atoms with Gasteiger partial charge in [0.2, 0.25) is 0 Å². The minimum atomic E-state index is -5.60. The van der Waals surface area contributed by atoms with Crippen molar-refractivity contribution < 1.29 is 69.9 Å². The highest BCUT2D eigenvalue weighted by Gasteiger charge is 2.91. The Balaban J connectivity index is -0.000000573. The molecule has 0 aliphatic rings. The van der Waals surface area contributed by atoms with E-state index in [0.717, 1.165) is 18.1 Å². The van der Waals surface area contributed by atoms with Crippen LogP contribution in [0.2, 0.25) is 83.1 Å². The second kappa shape index (κ2) is 16.8. The number of hydrogen-bond donors (Lipinski definition) is 9. The fourth-order valence-electron chi connectivity index (χ4n) is 2.80. The molecule has 0 bridgehead atoms. The summed E-state index contributed by atoms with van der Waals surface area (Å²) >= 11 is 0. The summed E-state index contributed by atoms with van der Waals surface area (Å²) in [4.78, 5) is 83.4. The summed E-state index contributed by atoms with van der Waals surface area (Å²) in [7, 11) is -33.5. The lowest BCUT2D eigenvalue weighted by molar-refractivity contribution is 0.439. The smallest absolute Gasteiger partial charge is 0.483 e. The van der Waals surface area contributed by atoms with Crippen LogP contribution in [0.1, 0.15) is 0 Å². The van der Waals surface area contributed by atoms with Crippen LogP contribution in [0.3, 0.4) is 0 Å². The quantitative estimate of drug-likeness (QED) is 0.0833. The Morgan fingerprint density at radius 3 is 0.600 bits per heavy atom. The van der Waals surface area contributed by atoms with Crippen LogP contribution in [0.5, 0.6) is 0 Å². The maximum Gasteiger partial charge on any atom is 0.483 e. The van der Waals surface area contributed by atoms with Crippen molar-refractivity contribution in [2.75, 3.05) is 0 Å². The second-order valence-electron chi connectivity index (χ2n) is 12.3. The summed E-state index contributed by atoms with van der Waals surface area (Å²) in [6, 6.07) is 4.04. The fraction of sp³-hybridized carbons (Fsp3) is 1.00. The van der Waals surface area contributed by atoms with Gasteiger partial charge in [-0.2, -0.15) is 0 Å². The van der Waals surface area contributed by atoms with Gasteiger partial charge < -0.3 is 69.9 Å². The fourth-order valence-corrected chi connectivity index (χ4v) is 104. The van der Waals surface area contributed by atoms with E-state index in [9.17, 15) is 41.2 Å². The van der Waals surface area contributed by atoms with Gasteiger partial charge in [-0.15, -0.1) is 0 Å². The number of hydrogen-bond acceptors (Lipinski definition) is 9. The molecule has 0 fully saturated rings. The van der Waals surface area contributed by atoms with Gasteiger partial charge in [-0.25, -0.2) is 0 Å². The van der Waals surface area contributed by atoms with Crippen LogP contribution in [0.15, 0.2) is 0 Å². The van der Waals surface area contributed by atoms with Crippen LogP contribution in [-0.2, 0) is 26.8 Å². The molecule has 15 nitrogen and oxygen atoms in total. The zero-order valence-electron chi connectivity index (χ0n) is 24.3. The summed E-state index contributed by atoms with van der Waals surface area (Å²) in [6.07, 6.45) is -11.2. The standard InChI is InChI=1S/C7H20OSi2.C6H18O2Si2.H6O12Si8/c1-9(2,3)6-7-10(4,5)8;1-9(2,7)5-6-10(3,4)8;1-13(2)19(14(3)4,15(5)6)20(16(7)8,17(9)10)18(11)12/h8H,6-7H2,1-5H3;7-8H,5-6H2,1-4H3;1,3,5,7,9,11H. The SMILES string of the molecule is C[Si](C)(C)CC[Si](C)(C)O.C[Si](C)(O)CC[Si](C)(C)O.O=[Si](O)[Si]([Si](=O)O)([Si](=O)O)[Si]([Si](=O)O)([Si](=O)O)[Si](=O)O. The molecule has 9 N–H and O–H groups in total. The van der Waals surface area contributed by atoms with Crippen molar-refractivity contribution in [1.82, 2.24) is 0 Å². The highest BCUT2D eigenvalue weighted by atomic mass is 30.4. The summed E-state index contributed by atoms with van der Waals surface area (Å²) in [6.45, 7) is 18.7. The molecular weight excluding hydrogens is 733 g/mol. The van der Waals surface area contributed by atoms with Crippen molar-refractivity contribution >= 4 is 96.0 Å². The van der Waals surface area contributed by atoms with Crippen LogP contribution in [0.4, 0.5) is 0 Å². The first-order chi connectivity index (χ1) is 17.3. The van der Waals surface area contributed by atoms with Crippen LogP contribution in [0, 0.1) is 0 Å². The second-order valence-corrected chi connectivity index (χ2v) is 80.7. The lowest BCUT2D eigenvalue weighted by Gasteiger charge is -2.23. The third kappa shape index (κ3) is 15.0. The Labute approximate surface area is 247 Å². The zero-order valence-corrected chi connectivity index (χ0v) is 36.3. The molecule has 0 aliphatic carbocycles. The maximum atomic E-state index is 11.4. The predicted molar refractivity (Wildman–Crippen MR) is 165 cm³/mol. The highest BCUT2D eigenvalue weighted by molar-refractivity contribution is 8.14. The van der Waals surface area contributed by atoms with Gasteiger partial charge in [-0.3, -0.25) is 0 Å². The van der Waals surface area contributed by atoms with Crippen molar-refractivity contribution in [2.24, 2.45) is 0 Å². The van der Waals surface area contributed by atoms with E-state index in [0.29, 0.717) is 0 Å². The van der Waals surface area contributed by atoms with Crippen molar-refractivity contribution in [1.29, 1.82) is 0 Å². The first kappa shape index (κ1) is 44.5. The molecule has 0 amide bonds. The lowest BCUT2D eigenvalue weighted by Crippen LogP contribution is -2.91. The van der Waals surface area contributed by atoms with Gasteiger partial charge in [-0.1, -0.05) is 25.7 Å². The third-order valence-corrected chi connectivity index (χ3v) is 108.